The van der Waals surface area contributed by atoms with Gasteiger partial charge in [-0.2, -0.15) is 5.10 Å². The first kappa shape index (κ1) is 17.2. The monoisotopic (exact) mass is 390 g/mol. The van der Waals surface area contributed by atoms with Crippen LogP contribution in [0.3, 0.4) is 0 Å². The molecule has 1 N–H and O–H groups in total. The van der Waals surface area contributed by atoms with E-state index < -0.39 is 0 Å². The molecule has 1 amide bonds. The van der Waals surface area contributed by atoms with Crippen molar-refractivity contribution in [1.29, 1.82) is 0 Å². The van der Waals surface area contributed by atoms with Gasteiger partial charge in [0.05, 0.1) is 11.9 Å². The minimum atomic E-state index is -0.371. The smallest absolute Gasteiger partial charge is 0.257 e. The average molecular weight is 390 g/mol. The molecule has 8 heteroatoms. The lowest BCUT2D eigenvalue weighted by Gasteiger charge is -2.07. The molecule has 0 bridgehead atoms. The van der Waals surface area contributed by atoms with Gasteiger partial charge in [0.1, 0.15) is 11.4 Å². The number of carbonyl (C=O) groups is 1. The second-order valence-corrected chi connectivity index (χ2v) is 6.47. The highest BCUT2D eigenvalue weighted by Crippen LogP contribution is 2.32. The van der Waals surface area contributed by atoms with Crippen molar-refractivity contribution in [3.8, 4) is 22.8 Å². The van der Waals surface area contributed by atoms with Gasteiger partial charge in [0.2, 0.25) is 6.79 Å². The Morgan fingerprint density at radius 2 is 2.00 bits per heavy atom. The third kappa shape index (κ3) is 3.04. The Bertz CT molecular complexity index is 1240. The van der Waals surface area contributed by atoms with Gasteiger partial charge in [-0.25, -0.2) is 13.9 Å². The highest BCUT2D eigenvalue weighted by atomic mass is 19.1. The van der Waals surface area contributed by atoms with E-state index in [2.05, 4.69) is 15.4 Å². The van der Waals surface area contributed by atoms with E-state index in [1.54, 1.807) is 30.3 Å². The molecule has 0 radical (unpaired) electrons. The molecule has 0 aliphatic carbocycles. The second-order valence-electron chi connectivity index (χ2n) is 6.47. The summed E-state index contributed by atoms with van der Waals surface area (Å²) in [5.41, 5.74) is 2.44. The molecule has 0 fully saturated rings. The summed E-state index contributed by atoms with van der Waals surface area (Å²) in [6.45, 7) is 0.503. The van der Waals surface area contributed by atoms with Crippen LogP contribution in [-0.4, -0.2) is 27.3 Å². The molecule has 4 aromatic rings. The van der Waals surface area contributed by atoms with E-state index in [1.165, 1.54) is 23.0 Å². The lowest BCUT2D eigenvalue weighted by Crippen LogP contribution is -2.22. The zero-order valence-corrected chi connectivity index (χ0v) is 15.1. The molecule has 7 nitrogen and oxygen atoms in total. The van der Waals surface area contributed by atoms with Gasteiger partial charge in [-0.15, -0.1) is 0 Å². The number of fused-ring (bicyclic) bond motifs is 2. The van der Waals surface area contributed by atoms with Crippen molar-refractivity contribution < 1.29 is 18.7 Å². The van der Waals surface area contributed by atoms with E-state index >= 15 is 0 Å². The SMILES string of the molecule is O=C(NCc1ccc2c(c1)OCO2)c1cnn2c(-c3ccccc3F)ccnc12. The third-order valence-corrected chi connectivity index (χ3v) is 4.69. The molecule has 0 saturated heterocycles. The zero-order chi connectivity index (χ0) is 19.8. The maximum atomic E-state index is 14.2. The Morgan fingerprint density at radius 3 is 2.90 bits per heavy atom. The predicted molar refractivity (Wildman–Crippen MR) is 102 cm³/mol. The van der Waals surface area contributed by atoms with Crippen molar-refractivity contribution in [3.63, 3.8) is 0 Å². The fourth-order valence-corrected chi connectivity index (χ4v) is 3.25. The summed E-state index contributed by atoms with van der Waals surface area (Å²) in [6, 6.07) is 13.6. The zero-order valence-electron chi connectivity index (χ0n) is 15.1. The number of halogens is 1. The Hall–Kier alpha value is -3.94. The van der Waals surface area contributed by atoms with E-state index in [1.807, 2.05) is 12.1 Å². The van der Waals surface area contributed by atoms with Crippen LogP contribution in [0, 0.1) is 5.82 Å². The van der Waals surface area contributed by atoms with Gasteiger partial charge < -0.3 is 14.8 Å². The summed E-state index contributed by atoms with van der Waals surface area (Å²) < 4.78 is 26.3. The Morgan fingerprint density at radius 1 is 1.14 bits per heavy atom. The first-order valence-electron chi connectivity index (χ1n) is 8.95. The number of aromatic nitrogens is 3. The number of ether oxygens (including phenoxy) is 2. The van der Waals surface area contributed by atoms with E-state index in [4.69, 9.17) is 9.47 Å². The molecule has 29 heavy (non-hydrogen) atoms. The van der Waals surface area contributed by atoms with Crippen LogP contribution in [0.5, 0.6) is 11.5 Å². The van der Waals surface area contributed by atoms with Gasteiger partial charge in [0, 0.05) is 18.3 Å². The Kier molecular flexibility index (Phi) is 4.09. The van der Waals surface area contributed by atoms with Crippen LogP contribution in [0.25, 0.3) is 16.9 Å². The summed E-state index contributed by atoms with van der Waals surface area (Å²) >= 11 is 0. The molecule has 5 rings (SSSR count). The van der Waals surface area contributed by atoms with Crippen molar-refractivity contribution in [2.45, 2.75) is 6.54 Å². The maximum absolute atomic E-state index is 14.2. The Labute approximate surface area is 164 Å². The standard InChI is InChI=1S/C21H15FN4O3/c22-16-4-2-1-3-14(16)17-7-8-23-20-15(11-25-26(17)20)21(27)24-10-13-5-6-18-19(9-13)29-12-28-18/h1-9,11H,10,12H2,(H,24,27). The van der Waals surface area contributed by atoms with Gasteiger partial charge in [-0.05, 0) is 35.9 Å². The Balaban J connectivity index is 1.41. The number of nitrogens with zero attached hydrogens (tertiary/aromatic N) is 3. The highest BCUT2D eigenvalue weighted by molar-refractivity contribution is 5.99. The first-order valence-corrected chi connectivity index (χ1v) is 8.95. The molecule has 1 aliphatic rings. The van der Waals surface area contributed by atoms with Gasteiger partial charge in [0.25, 0.3) is 5.91 Å². The molecule has 0 spiro atoms. The summed E-state index contributed by atoms with van der Waals surface area (Å²) in [5.74, 6) is 0.650. The van der Waals surface area contributed by atoms with Crippen LogP contribution < -0.4 is 14.8 Å². The maximum Gasteiger partial charge on any atom is 0.257 e. The van der Waals surface area contributed by atoms with Gasteiger partial charge in [-0.3, -0.25) is 4.79 Å². The lowest BCUT2D eigenvalue weighted by molar-refractivity contribution is 0.0952. The van der Waals surface area contributed by atoms with Crippen molar-refractivity contribution in [1.82, 2.24) is 19.9 Å². The molecule has 0 atom stereocenters. The van der Waals surface area contributed by atoms with E-state index in [9.17, 15) is 9.18 Å². The minimum absolute atomic E-state index is 0.198. The normalized spacial score (nSPS) is 12.3. The number of hydrogen-bond acceptors (Lipinski definition) is 5. The van der Waals surface area contributed by atoms with Crippen LogP contribution in [-0.2, 0) is 6.54 Å². The second kappa shape index (κ2) is 6.90. The third-order valence-electron chi connectivity index (χ3n) is 4.69. The number of benzene rings is 2. The van der Waals surface area contributed by atoms with E-state index in [0.717, 1.165) is 5.56 Å². The number of rotatable bonds is 4. The molecule has 2 aromatic carbocycles. The van der Waals surface area contributed by atoms with Crippen LogP contribution in [0.15, 0.2) is 60.9 Å². The summed E-state index contributed by atoms with van der Waals surface area (Å²) in [6.07, 6.45) is 2.97. The van der Waals surface area contributed by atoms with Crippen molar-refractivity contribution in [2.75, 3.05) is 6.79 Å². The topological polar surface area (TPSA) is 77.8 Å². The summed E-state index contributed by atoms with van der Waals surface area (Å²) in [5, 5.41) is 7.10. The highest BCUT2D eigenvalue weighted by Gasteiger charge is 2.18. The first-order chi connectivity index (χ1) is 14.2. The van der Waals surface area contributed by atoms with Gasteiger partial charge in [0.15, 0.2) is 17.1 Å². The number of hydrogen-bond donors (Lipinski definition) is 1. The van der Waals surface area contributed by atoms with Crippen molar-refractivity contribution >= 4 is 11.6 Å². The summed E-state index contributed by atoms with van der Waals surface area (Å²) in [7, 11) is 0. The van der Waals surface area contributed by atoms with Crippen LogP contribution >= 0.6 is 0 Å². The molecular formula is C21H15FN4O3. The quantitative estimate of drug-likeness (QED) is 0.579. The van der Waals surface area contributed by atoms with Crippen LogP contribution in [0.2, 0.25) is 0 Å². The molecule has 2 aromatic heterocycles. The molecule has 144 valence electrons. The van der Waals surface area contributed by atoms with Crippen LogP contribution in [0.1, 0.15) is 15.9 Å². The molecule has 0 saturated carbocycles. The minimum Gasteiger partial charge on any atom is -0.454 e. The van der Waals surface area contributed by atoms with Crippen molar-refractivity contribution in [3.05, 3.63) is 77.9 Å². The van der Waals surface area contributed by atoms with Crippen molar-refractivity contribution in [2.24, 2.45) is 0 Å². The van der Waals surface area contributed by atoms with Gasteiger partial charge >= 0.3 is 0 Å². The summed E-state index contributed by atoms with van der Waals surface area (Å²) in [4.78, 5) is 17.0. The van der Waals surface area contributed by atoms with E-state index in [0.29, 0.717) is 40.5 Å². The fraction of sp³-hybridized carbons (Fsp3) is 0.0952. The van der Waals surface area contributed by atoms with E-state index in [-0.39, 0.29) is 18.5 Å². The molecule has 3 heterocycles. The molecular weight excluding hydrogens is 375 g/mol. The fourth-order valence-electron chi connectivity index (χ4n) is 3.25. The lowest BCUT2D eigenvalue weighted by atomic mass is 10.1. The molecule has 0 unspecified atom stereocenters. The molecule has 1 aliphatic heterocycles. The van der Waals surface area contributed by atoms with Crippen LogP contribution in [0.4, 0.5) is 4.39 Å². The predicted octanol–water partition coefficient (Wildman–Crippen LogP) is 3.19. The average Bonchev–Trinajstić information content (AvgIpc) is 3.39. The number of nitrogens with one attached hydrogen (secondary N) is 1. The largest absolute Gasteiger partial charge is 0.454 e. The number of amides is 1. The van der Waals surface area contributed by atoms with Gasteiger partial charge in [-0.1, -0.05) is 18.2 Å². The number of carbonyl (C=O) groups excluding carboxylic acids is 1.